The van der Waals surface area contributed by atoms with E-state index < -0.39 is 0 Å². The van der Waals surface area contributed by atoms with Crippen LogP contribution in [0.4, 0.5) is 0 Å². The van der Waals surface area contributed by atoms with Crippen molar-refractivity contribution >= 4 is 22.8 Å². The maximum absolute atomic E-state index is 9.45. The van der Waals surface area contributed by atoms with Crippen molar-refractivity contribution in [2.24, 2.45) is 0 Å². The summed E-state index contributed by atoms with van der Waals surface area (Å²) < 4.78 is 7.90. The summed E-state index contributed by atoms with van der Waals surface area (Å²) in [6.07, 6.45) is 3.06. The highest BCUT2D eigenvalue weighted by Crippen LogP contribution is 2.31. The van der Waals surface area contributed by atoms with Crippen LogP contribution in [0, 0.1) is 6.92 Å². The second-order valence-electron chi connectivity index (χ2n) is 5.91. The highest BCUT2D eigenvalue weighted by Gasteiger charge is 2.23. The number of benzene rings is 1. The Morgan fingerprint density at radius 1 is 1.17 bits per heavy atom. The molecule has 0 spiro atoms. The first kappa shape index (κ1) is 15.4. The molecule has 124 valence electrons. The highest BCUT2D eigenvalue weighted by molar-refractivity contribution is 6.33. The van der Waals surface area contributed by atoms with Crippen LogP contribution in [0.3, 0.4) is 0 Å². The largest absolute Gasteiger partial charge is 0.508 e. The number of halogens is 1. The van der Waals surface area contributed by atoms with Crippen molar-refractivity contribution in [3.8, 4) is 17.1 Å². The number of imidazole rings is 1. The fraction of sp³-hybridized carbons (Fsp3) is 0.353. The van der Waals surface area contributed by atoms with Gasteiger partial charge in [0.2, 0.25) is 0 Å². The number of phenolic OH excluding ortho intramolecular Hbond substituents is 1. The number of nitrogens with zero attached hydrogens (tertiary/aromatic N) is 4. The number of hydrogen-bond acceptors (Lipinski definition) is 5. The first-order chi connectivity index (χ1) is 11.6. The number of rotatable bonds is 2. The van der Waals surface area contributed by atoms with Gasteiger partial charge in [0.05, 0.1) is 0 Å². The number of fused-ring (bicyclic) bond motifs is 1. The summed E-state index contributed by atoms with van der Waals surface area (Å²) in [6.45, 7) is 2.67. The molecule has 1 aliphatic rings. The van der Waals surface area contributed by atoms with Crippen molar-refractivity contribution in [1.29, 1.82) is 0 Å². The van der Waals surface area contributed by atoms with Gasteiger partial charge in [-0.05, 0) is 50.5 Å². The first-order valence-electron chi connectivity index (χ1n) is 7.96. The van der Waals surface area contributed by atoms with E-state index in [4.69, 9.17) is 16.3 Å². The van der Waals surface area contributed by atoms with Crippen LogP contribution in [0.5, 0.6) is 5.75 Å². The average Bonchev–Trinajstić information content (AvgIpc) is 2.93. The van der Waals surface area contributed by atoms with Gasteiger partial charge in [-0.25, -0.2) is 15.0 Å². The van der Waals surface area contributed by atoms with Crippen LogP contribution < -0.4 is 0 Å². The maximum Gasteiger partial charge on any atom is 0.167 e. The summed E-state index contributed by atoms with van der Waals surface area (Å²) in [5.74, 6) is 1.52. The first-order valence-corrected chi connectivity index (χ1v) is 8.34. The third-order valence-corrected chi connectivity index (χ3v) is 4.51. The average molecular weight is 345 g/mol. The van der Waals surface area contributed by atoms with Gasteiger partial charge in [-0.2, -0.15) is 0 Å². The Morgan fingerprint density at radius 2 is 1.96 bits per heavy atom. The van der Waals surface area contributed by atoms with Crippen LogP contribution >= 0.6 is 11.6 Å². The summed E-state index contributed by atoms with van der Waals surface area (Å²) in [6, 6.07) is 6.72. The van der Waals surface area contributed by atoms with Gasteiger partial charge in [-0.3, -0.25) is 4.57 Å². The van der Waals surface area contributed by atoms with E-state index in [1.807, 2.05) is 11.5 Å². The Labute approximate surface area is 144 Å². The smallest absolute Gasteiger partial charge is 0.167 e. The van der Waals surface area contributed by atoms with Gasteiger partial charge >= 0.3 is 0 Å². The van der Waals surface area contributed by atoms with Crippen molar-refractivity contribution in [2.45, 2.75) is 32.4 Å². The minimum atomic E-state index is -0.0672. The number of aryl methyl sites for hydroxylation is 1. The summed E-state index contributed by atoms with van der Waals surface area (Å²) in [5.41, 5.74) is 2.06. The Hall–Kier alpha value is -2.18. The van der Waals surface area contributed by atoms with Crippen molar-refractivity contribution in [3.63, 3.8) is 0 Å². The minimum Gasteiger partial charge on any atom is -0.508 e. The lowest BCUT2D eigenvalue weighted by Crippen LogP contribution is -2.19. The number of aromatic hydroxyl groups is 1. The molecule has 4 rings (SSSR count). The molecule has 0 aliphatic carbocycles. The molecule has 1 aliphatic heterocycles. The molecule has 2 aromatic heterocycles. The van der Waals surface area contributed by atoms with E-state index in [0.29, 0.717) is 22.1 Å². The van der Waals surface area contributed by atoms with Crippen LogP contribution in [0.1, 0.15) is 31.3 Å². The number of aromatic nitrogens is 4. The molecular formula is C17H17ClN4O2. The van der Waals surface area contributed by atoms with Gasteiger partial charge < -0.3 is 9.84 Å². The summed E-state index contributed by atoms with van der Waals surface area (Å²) in [4.78, 5) is 13.6. The Bertz CT molecular complexity index is 886. The quantitative estimate of drug-likeness (QED) is 0.714. The van der Waals surface area contributed by atoms with Gasteiger partial charge in [0, 0.05) is 12.2 Å². The molecule has 3 heterocycles. The van der Waals surface area contributed by atoms with Crippen LogP contribution in [-0.2, 0) is 4.74 Å². The van der Waals surface area contributed by atoms with E-state index in [1.54, 1.807) is 24.3 Å². The van der Waals surface area contributed by atoms with Gasteiger partial charge in [-0.1, -0.05) is 11.6 Å². The molecular weight excluding hydrogens is 328 g/mol. The minimum absolute atomic E-state index is 0.0672. The SMILES string of the molecule is Cc1nc2c(Cl)nc(-c3ccc(O)cc3)nc2n1C1CCCCO1. The molecule has 7 heteroatoms. The predicted molar refractivity (Wildman–Crippen MR) is 91.0 cm³/mol. The second kappa shape index (κ2) is 6.03. The standard InChI is InChI=1S/C17H17ClN4O2/c1-10-19-14-15(18)20-16(11-5-7-12(23)8-6-11)21-17(14)22(10)13-4-2-3-9-24-13/h5-8,13,23H,2-4,9H2,1H3. The lowest BCUT2D eigenvalue weighted by atomic mass is 10.2. The molecule has 24 heavy (non-hydrogen) atoms. The third-order valence-electron chi connectivity index (χ3n) is 4.24. The summed E-state index contributed by atoms with van der Waals surface area (Å²) in [7, 11) is 0. The lowest BCUT2D eigenvalue weighted by Gasteiger charge is -2.25. The van der Waals surface area contributed by atoms with E-state index in [1.165, 1.54) is 0 Å². The van der Waals surface area contributed by atoms with E-state index >= 15 is 0 Å². The maximum atomic E-state index is 9.45. The predicted octanol–water partition coefficient (Wildman–Crippen LogP) is 3.86. The molecule has 0 amide bonds. The van der Waals surface area contributed by atoms with Crippen LogP contribution in [-0.4, -0.2) is 31.2 Å². The molecule has 3 aromatic rings. The Morgan fingerprint density at radius 3 is 2.67 bits per heavy atom. The van der Waals surface area contributed by atoms with Crippen molar-refractivity contribution in [2.75, 3.05) is 6.61 Å². The van der Waals surface area contributed by atoms with E-state index in [2.05, 4.69) is 15.0 Å². The molecule has 1 unspecified atom stereocenters. The topological polar surface area (TPSA) is 73.1 Å². The van der Waals surface area contributed by atoms with Gasteiger partial charge in [-0.15, -0.1) is 0 Å². The molecule has 6 nitrogen and oxygen atoms in total. The zero-order valence-electron chi connectivity index (χ0n) is 13.2. The lowest BCUT2D eigenvalue weighted by molar-refractivity contribution is -0.0309. The number of ether oxygens (including phenoxy) is 1. The van der Waals surface area contributed by atoms with E-state index in [9.17, 15) is 5.11 Å². The molecule has 0 radical (unpaired) electrons. The molecule has 1 saturated heterocycles. The van der Waals surface area contributed by atoms with Crippen molar-refractivity contribution < 1.29 is 9.84 Å². The van der Waals surface area contributed by atoms with Crippen LogP contribution in [0.15, 0.2) is 24.3 Å². The van der Waals surface area contributed by atoms with Gasteiger partial charge in [0.25, 0.3) is 0 Å². The molecule has 1 fully saturated rings. The van der Waals surface area contributed by atoms with Crippen LogP contribution in [0.2, 0.25) is 5.15 Å². The molecule has 1 N–H and O–H groups in total. The summed E-state index contributed by atoms with van der Waals surface area (Å²) in [5, 5.41) is 9.77. The zero-order valence-corrected chi connectivity index (χ0v) is 14.0. The fourth-order valence-corrected chi connectivity index (χ4v) is 3.27. The monoisotopic (exact) mass is 344 g/mol. The second-order valence-corrected chi connectivity index (χ2v) is 6.27. The molecule has 1 atom stereocenters. The highest BCUT2D eigenvalue weighted by atomic mass is 35.5. The fourth-order valence-electron chi connectivity index (χ4n) is 3.06. The third kappa shape index (κ3) is 2.61. The van der Waals surface area contributed by atoms with Crippen molar-refractivity contribution in [3.05, 3.63) is 35.2 Å². The Kier molecular flexibility index (Phi) is 3.86. The number of hydrogen-bond donors (Lipinski definition) is 1. The van der Waals surface area contributed by atoms with E-state index in [-0.39, 0.29) is 12.0 Å². The zero-order chi connectivity index (χ0) is 16.7. The normalized spacial score (nSPS) is 18.2. The number of phenols is 1. The molecule has 1 aromatic carbocycles. The van der Waals surface area contributed by atoms with Gasteiger partial charge in [0.15, 0.2) is 16.6 Å². The molecule has 0 bridgehead atoms. The summed E-state index contributed by atoms with van der Waals surface area (Å²) >= 11 is 6.35. The van der Waals surface area contributed by atoms with Gasteiger partial charge in [0.1, 0.15) is 23.3 Å². The van der Waals surface area contributed by atoms with Crippen LogP contribution in [0.25, 0.3) is 22.6 Å². The van der Waals surface area contributed by atoms with Crippen molar-refractivity contribution in [1.82, 2.24) is 19.5 Å². The van der Waals surface area contributed by atoms with E-state index in [0.717, 1.165) is 37.3 Å². The Balaban J connectivity index is 1.87. The molecule has 0 saturated carbocycles.